The lowest BCUT2D eigenvalue weighted by molar-refractivity contribution is -0.116. The van der Waals surface area contributed by atoms with Crippen LogP contribution in [-0.2, 0) is 14.8 Å². The number of hydrogen-bond acceptors (Lipinski definition) is 6. The van der Waals surface area contributed by atoms with E-state index < -0.39 is 15.9 Å². The van der Waals surface area contributed by atoms with Crippen molar-refractivity contribution in [3.05, 3.63) is 48.0 Å². The van der Waals surface area contributed by atoms with Crippen LogP contribution in [0.1, 0.15) is 23.2 Å². The molecule has 0 saturated heterocycles. The zero-order valence-electron chi connectivity index (χ0n) is 16.5. The van der Waals surface area contributed by atoms with Crippen molar-refractivity contribution in [2.45, 2.75) is 12.8 Å². The molecule has 0 aromatic heterocycles. The number of nitrogens with one attached hydrogen (secondary N) is 1. The first-order valence-corrected chi connectivity index (χ1v) is 11.2. The van der Waals surface area contributed by atoms with Gasteiger partial charge in [0.05, 0.1) is 23.2 Å². The standard InChI is InChI=1S/C20H23N3O6S/c1-30(26,27)23(14-8-9-17-18(13-14)29-12-11-28-17)10-4-7-19(24)22-16-6-3-2-5-15(16)20(21)25/h2-3,5-6,8-9,13H,4,7,10-12H2,1H3,(H2,21,25)(H,22,24). The fourth-order valence-corrected chi connectivity index (χ4v) is 4.03. The van der Waals surface area contributed by atoms with Crippen LogP contribution in [0.2, 0.25) is 0 Å². The van der Waals surface area contributed by atoms with E-state index in [4.69, 9.17) is 15.2 Å². The van der Waals surface area contributed by atoms with E-state index in [1.165, 1.54) is 10.4 Å². The van der Waals surface area contributed by atoms with Gasteiger partial charge in [0.1, 0.15) is 13.2 Å². The summed E-state index contributed by atoms with van der Waals surface area (Å²) in [6.45, 7) is 0.932. The molecule has 0 radical (unpaired) electrons. The van der Waals surface area contributed by atoms with Crippen molar-refractivity contribution in [2.75, 3.05) is 35.6 Å². The van der Waals surface area contributed by atoms with E-state index in [2.05, 4.69) is 5.32 Å². The Hall–Kier alpha value is -3.27. The number of ether oxygens (including phenoxy) is 2. The molecule has 1 aliphatic heterocycles. The molecule has 0 saturated carbocycles. The van der Waals surface area contributed by atoms with Gasteiger partial charge in [0.2, 0.25) is 15.9 Å². The van der Waals surface area contributed by atoms with Crippen LogP contribution in [0.5, 0.6) is 11.5 Å². The van der Waals surface area contributed by atoms with Gasteiger partial charge in [-0.15, -0.1) is 0 Å². The Morgan fingerprint density at radius 3 is 2.50 bits per heavy atom. The second-order valence-electron chi connectivity index (χ2n) is 6.72. The van der Waals surface area contributed by atoms with Gasteiger partial charge < -0.3 is 20.5 Å². The second kappa shape index (κ2) is 9.04. The van der Waals surface area contributed by atoms with Crippen LogP contribution >= 0.6 is 0 Å². The van der Waals surface area contributed by atoms with E-state index in [-0.39, 0.29) is 30.9 Å². The lowest BCUT2D eigenvalue weighted by Crippen LogP contribution is -2.31. The smallest absolute Gasteiger partial charge is 0.250 e. The molecule has 9 nitrogen and oxygen atoms in total. The van der Waals surface area contributed by atoms with E-state index in [0.717, 1.165) is 6.26 Å². The molecule has 0 atom stereocenters. The van der Waals surface area contributed by atoms with Crippen LogP contribution in [0.4, 0.5) is 11.4 Å². The Balaban J connectivity index is 1.65. The maximum Gasteiger partial charge on any atom is 0.250 e. The summed E-state index contributed by atoms with van der Waals surface area (Å²) >= 11 is 0. The monoisotopic (exact) mass is 433 g/mol. The Morgan fingerprint density at radius 1 is 1.10 bits per heavy atom. The lowest BCUT2D eigenvalue weighted by Gasteiger charge is -2.25. The fraction of sp³-hybridized carbons (Fsp3) is 0.300. The number of fused-ring (bicyclic) bond motifs is 1. The van der Waals surface area contributed by atoms with Gasteiger partial charge in [-0.1, -0.05) is 12.1 Å². The lowest BCUT2D eigenvalue weighted by atomic mass is 10.1. The predicted octanol–water partition coefficient (Wildman–Crippen LogP) is 1.74. The average molecular weight is 433 g/mol. The van der Waals surface area contributed by atoms with Gasteiger partial charge >= 0.3 is 0 Å². The number of hydrogen-bond donors (Lipinski definition) is 2. The normalized spacial score (nSPS) is 12.8. The summed E-state index contributed by atoms with van der Waals surface area (Å²) in [6, 6.07) is 11.3. The molecule has 1 heterocycles. The number of benzene rings is 2. The van der Waals surface area contributed by atoms with Gasteiger partial charge in [-0.25, -0.2) is 8.42 Å². The number of rotatable bonds is 8. The zero-order chi connectivity index (χ0) is 21.7. The Kier molecular flexibility index (Phi) is 6.46. The summed E-state index contributed by atoms with van der Waals surface area (Å²) in [6.07, 6.45) is 1.43. The Labute approximate surface area is 174 Å². The number of para-hydroxylation sites is 1. The van der Waals surface area contributed by atoms with E-state index >= 15 is 0 Å². The van der Waals surface area contributed by atoms with Gasteiger partial charge in [-0.2, -0.15) is 0 Å². The van der Waals surface area contributed by atoms with Gasteiger partial charge in [-0.05, 0) is 30.7 Å². The average Bonchev–Trinajstić information content (AvgIpc) is 2.70. The highest BCUT2D eigenvalue weighted by molar-refractivity contribution is 7.92. The minimum Gasteiger partial charge on any atom is -0.486 e. The van der Waals surface area contributed by atoms with Gasteiger partial charge in [0.15, 0.2) is 11.5 Å². The largest absolute Gasteiger partial charge is 0.486 e. The van der Waals surface area contributed by atoms with Crippen molar-refractivity contribution >= 4 is 33.2 Å². The van der Waals surface area contributed by atoms with Crippen molar-refractivity contribution in [2.24, 2.45) is 5.73 Å². The summed E-state index contributed by atoms with van der Waals surface area (Å²) in [7, 11) is -3.58. The molecule has 0 aliphatic carbocycles. The molecule has 160 valence electrons. The highest BCUT2D eigenvalue weighted by atomic mass is 32.2. The van der Waals surface area contributed by atoms with E-state index in [0.29, 0.717) is 36.1 Å². The highest BCUT2D eigenvalue weighted by Gasteiger charge is 2.21. The minimum absolute atomic E-state index is 0.0592. The van der Waals surface area contributed by atoms with Crippen LogP contribution in [0.25, 0.3) is 0 Å². The van der Waals surface area contributed by atoms with Crippen molar-refractivity contribution in [1.82, 2.24) is 0 Å². The maximum atomic E-state index is 12.3. The Morgan fingerprint density at radius 2 is 1.80 bits per heavy atom. The van der Waals surface area contributed by atoms with E-state index in [1.807, 2.05) is 0 Å². The molecule has 2 aromatic rings. The molecule has 3 N–H and O–H groups in total. The van der Waals surface area contributed by atoms with Gasteiger partial charge in [0, 0.05) is 19.0 Å². The molecule has 0 fully saturated rings. The fourth-order valence-electron chi connectivity index (χ4n) is 3.08. The molecule has 30 heavy (non-hydrogen) atoms. The van der Waals surface area contributed by atoms with Crippen LogP contribution < -0.4 is 24.8 Å². The number of nitrogens with two attached hydrogens (primary N) is 1. The third-order valence-electron chi connectivity index (χ3n) is 4.45. The van der Waals surface area contributed by atoms with Crippen molar-refractivity contribution in [1.29, 1.82) is 0 Å². The molecule has 2 aromatic carbocycles. The zero-order valence-corrected chi connectivity index (χ0v) is 17.3. The van der Waals surface area contributed by atoms with Crippen LogP contribution in [0, 0.1) is 0 Å². The number of nitrogens with zero attached hydrogens (tertiary/aromatic N) is 1. The number of anilines is 2. The molecule has 2 amide bonds. The first kappa shape index (κ1) is 21.4. The van der Waals surface area contributed by atoms with E-state index in [1.54, 1.807) is 36.4 Å². The quantitative estimate of drug-likeness (QED) is 0.653. The molecule has 0 bridgehead atoms. The van der Waals surface area contributed by atoms with E-state index in [9.17, 15) is 18.0 Å². The maximum absolute atomic E-state index is 12.3. The molecule has 0 spiro atoms. The number of carbonyl (C=O) groups is 2. The van der Waals surface area contributed by atoms with Crippen LogP contribution in [0.15, 0.2) is 42.5 Å². The molecule has 3 rings (SSSR count). The summed E-state index contributed by atoms with van der Waals surface area (Å²) < 4.78 is 36.8. The highest BCUT2D eigenvalue weighted by Crippen LogP contribution is 2.34. The molecular formula is C20H23N3O6S. The SMILES string of the molecule is CS(=O)(=O)N(CCCC(=O)Nc1ccccc1C(N)=O)c1ccc2c(c1)OCCO2. The van der Waals surface area contributed by atoms with Gasteiger partial charge in [0.25, 0.3) is 5.91 Å². The third-order valence-corrected chi connectivity index (χ3v) is 5.64. The molecule has 1 aliphatic rings. The minimum atomic E-state index is -3.58. The van der Waals surface area contributed by atoms with Gasteiger partial charge in [-0.3, -0.25) is 13.9 Å². The van der Waals surface area contributed by atoms with Crippen molar-refractivity contribution in [3.8, 4) is 11.5 Å². The summed E-state index contributed by atoms with van der Waals surface area (Å²) in [5.41, 5.74) is 6.27. The Bertz CT molecular complexity index is 1050. The molecule has 0 unspecified atom stereocenters. The summed E-state index contributed by atoms with van der Waals surface area (Å²) in [5, 5.41) is 2.64. The first-order valence-electron chi connectivity index (χ1n) is 9.32. The number of amides is 2. The van der Waals surface area contributed by atoms with Crippen LogP contribution in [0.3, 0.4) is 0 Å². The number of primary amides is 1. The van der Waals surface area contributed by atoms with Crippen LogP contribution in [-0.4, -0.2) is 46.2 Å². The second-order valence-corrected chi connectivity index (χ2v) is 8.63. The summed E-state index contributed by atoms with van der Waals surface area (Å²) in [4.78, 5) is 23.7. The molecule has 10 heteroatoms. The van der Waals surface area contributed by atoms with Crippen molar-refractivity contribution < 1.29 is 27.5 Å². The third kappa shape index (κ3) is 5.20. The predicted molar refractivity (Wildman–Crippen MR) is 112 cm³/mol. The van der Waals surface area contributed by atoms with Crippen molar-refractivity contribution in [3.63, 3.8) is 0 Å². The number of carbonyl (C=O) groups excluding carboxylic acids is 2. The molecular weight excluding hydrogens is 410 g/mol. The summed E-state index contributed by atoms with van der Waals surface area (Å²) in [5.74, 6) is 0.0474. The topological polar surface area (TPSA) is 128 Å². The first-order chi connectivity index (χ1) is 14.3. The number of sulfonamides is 1.